The van der Waals surface area contributed by atoms with Gasteiger partial charge in [0, 0.05) is 5.75 Å². The van der Waals surface area contributed by atoms with E-state index in [0.29, 0.717) is 16.2 Å². The van der Waals surface area contributed by atoms with Crippen LogP contribution in [0.5, 0.6) is 0 Å². The quantitative estimate of drug-likeness (QED) is 0.535. The zero-order valence-corrected chi connectivity index (χ0v) is 13.6. The Morgan fingerprint density at radius 3 is 2.87 bits per heavy atom. The number of rotatable bonds is 6. The summed E-state index contributed by atoms with van der Waals surface area (Å²) >= 11 is 1.51. The van der Waals surface area contributed by atoms with Crippen molar-refractivity contribution in [3.8, 4) is 0 Å². The lowest BCUT2D eigenvalue weighted by Crippen LogP contribution is -2.13. The second-order valence-corrected chi connectivity index (χ2v) is 6.29. The van der Waals surface area contributed by atoms with Gasteiger partial charge in [0.1, 0.15) is 5.39 Å². The minimum Gasteiger partial charge on any atom is -0.386 e. The molecule has 23 heavy (non-hydrogen) atoms. The van der Waals surface area contributed by atoms with Crippen molar-refractivity contribution in [2.24, 2.45) is 0 Å². The average Bonchev–Trinajstić information content (AvgIpc) is 2.97. The van der Waals surface area contributed by atoms with Crippen molar-refractivity contribution in [3.05, 3.63) is 52.4 Å². The molecule has 3 rings (SSSR count). The Balaban J connectivity index is 1.91. The van der Waals surface area contributed by atoms with E-state index in [0.717, 1.165) is 17.7 Å². The number of aromatic amines is 1. The lowest BCUT2D eigenvalue weighted by molar-refractivity contribution is 0.153. The normalized spacial score (nSPS) is 12.6. The fourth-order valence-corrected chi connectivity index (χ4v) is 3.00. The molecule has 0 amide bonds. The summed E-state index contributed by atoms with van der Waals surface area (Å²) in [6, 6.07) is 9.38. The summed E-state index contributed by atoms with van der Waals surface area (Å²) in [4.78, 5) is 19.3. The van der Waals surface area contributed by atoms with Crippen molar-refractivity contribution in [2.75, 3.05) is 5.75 Å². The molecule has 0 aliphatic heterocycles. The topological polar surface area (TPSA) is 83.8 Å². The number of nitrogens with zero attached hydrogens (tertiary/aromatic N) is 3. The number of nitrogens with one attached hydrogen (secondary N) is 1. The molecule has 1 atom stereocenters. The van der Waals surface area contributed by atoms with Crippen LogP contribution < -0.4 is 5.56 Å². The Labute approximate surface area is 137 Å². The molecule has 1 unspecified atom stereocenters. The highest BCUT2D eigenvalue weighted by molar-refractivity contribution is 7.99. The Kier molecular flexibility index (Phi) is 4.78. The van der Waals surface area contributed by atoms with Crippen LogP contribution in [0.25, 0.3) is 11.0 Å². The van der Waals surface area contributed by atoms with Crippen LogP contribution in [-0.4, -0.2) is 30.6 Å². The monoisotopic (exact) mass is 330 g/mol. The summed E-state index contributed by atoms with van der Waals surface area (Å²) in [7, 11) is 0. The predicted octanol–water partition coefficient (Wildman–Crippen LogP) is 2.36. The highest BCUT2D eigenvalue weighted by atomic mass is 32.2. The molecule has 2 N–H and O–H groups in total. The van der Waals surface area contributed by atoms with E-state index in [9.17, 15) is 9.90 Å². The third-order valence-corrected chi connectivity index (χ3v) is 4.54. The third-order valence-electron chi connectivity index (χ3n) is 3.46. The first-order valence-electron chi connectivity index (χ1n) is 7.50. The molecule has 0 bridgehead atoms. The van der Waals surface area contributed by atoms with E-state index >= 15 is 0 Å². The van der Waals surface area contributed by atoms with Crippen LogP contribution in [0.1, 0.15) is 25.0 Å². The number of hydrogen-bond acceptors (Lipinski definition) is 5. The number of hydrogen-bond donors (Lipinski definition) is 2. The first-order chi connectivity index (χ1) is 11.2. The van der Waals surface area contributed by atoms with Crippen molar-refractivity contribution in [1.29, 1.82) is 0 Å². The smallest absolute Gasteiger partial charge is 0.262 e. The van der Waals surface area contributed by atoms with Crippen molar-refractivity contribution in [3.63, 3.8) is 0 Å². The van der Waals surface area contributed by atoms with Gasteiger partial charge in [0.15, 0.2) is 10.8 Å². The molecule has 7 heteroatoms. The SMILES string of the molecule is CCCSc1nc2c(cnn2CC(O)c2ccccc2)c(=O)[nH]1. The lowest BCUT2D eigenvalue weighted by Gasteiger charge is -2.11. The molecule has 0 radical (unpaired) electrons. The maximum atomic E-state index is 12.1. The molecule has 120 valence electrons. The number of aliphatic hydroxyl groups excluding tert-OH is 1. The van der Waals surface area contributed by atoms with Crippen LogP contribution in [0, 0.1) is 0 Å². The molecule has 0 spiro atoms. The van der Waals surface area contributed by atoms with Crippen LogP contribution >= 0.6 is 11.8 Å². The molecule has 0 fully saturated rings. The van der Waals surface area contributed by atoms with Gasteiger partial charge in [-0.25, -0.2) is 9.67 Å². The van der Waals surface area contributed by atoms with Crippen LogP contribution in [0.2, 0.25) is 0 Å². The minimum atomic E-state index is -0.702. The summed E-state index contributed by atoms with van der Waals surface area (Å²) in [5.74, 6) is 0.884. The maximum Gasteiger partial charge on any atom is 0.262 e. The van der Waals surface area contributed by atoms with Crippen molar-refractivity contribution >= 4 is 22.8 Å². The minimum absolute atomic E-state index is 0.200. The van der Waals surface area contributed by atoms with E-state index in [2.05, 4.69) is 22.0 Å². The first kappa shape index (κ1) is 15.8. The molecule has 2 aromatic heterocycles. The van der Waals surface area contributed by atoms with Gasteiger partial charge in [-0.2, -0.15) is 5.10 Å². The molecule has 3 aromatic rings. The standard InChI is InChI=1S/C16H18N4O2S/c1-2-8-23-16-18-14-12(15(22)19-16)9-17-20(14)10-13(21)11-6-4-3-5-7-11/h3-7,9,13,21H,2,8,10H2,1H3,(H,18,19,22). The second kappa shape index (κ2) is 6.97. The summed E-state index contributed by atoms with van der Waals surface area (Å²) in [5, 5.41) is 15.6. The number of benzene rings is 1. The van der Waals surface area contributed by atoms with Crippen molar-refractivity contribution in [1.82, 2.24) is 19.7 Å². The fourth-order valence-electron chi connectivity index (χ4n) is 2.29. The van der Waals surface area contributed by atoms with E-state index in [4.69, 9.17) is 0 Å². The van der Waals surface area contributed by atoms with Crippen molar-refractivity contribution < 1.29 is 5.11 Å². The summed E-state index contributed by atoms with van der Waals surface area (Å²) in [6.45, 7) is 2.33. The van der Waals surface area contributed by atoms with Gasteiger partial charge >= 0.3 is 0 Å². The number of thioether (sulfide) groups is 1. The Morgan fingerprint density at radius 2 is 2.13 bits per heavy atom. The van der Waals surface area contributed by atoms with E-state index in [1.165, 1.54) is 18.0 Å². The molecule has 0 aliphatic carbocycles. The third kappa shape index (κ3) is 3.46. The summed E-state index contributed by atoms with van der Waals surface area (Å²) < 4.78 is 1.58. The molecular formula is C16H18N4O2S. The van der Waals surface area contributed by atoms with Gasteiger partial charge in [-0.1, -0.05) is 49.0 Å². The number of H-pyrrole nitrogens is 1. The van der Waals surface area contributed by atoms with Gasteiger partial charge in [-0.05, 0) is 12.0 Å². The zero-order valence-electron chi connectivity index (χ0n) is 12.8. The summed E-state index contributed by atoms with van der Waals surface area (Å²) in [6.07, 6.45) is 1.79. The fraction of sp³-hybridized carbons (Fsp3) is 0.312. The van der Waals surface area contributed by atoms with E-state index < -0.39 is 6.10 Å². The highest BCUT2D eigenvalue weighted by Crippen LogP contribution is 2.18. The van der Waals surface area contributed by atoms with Gasteiger partial charge in [0.25, 0.3) is 5.56 Å². The van der Waals surface area contributed by atoms with Gasteiger partial charge in [0.05, 0.1) is 18.8 Å². The molecule has 2 heterocycles. The Morgan fingerprint density at radius 1 is 1.35 bits per heavy atom. The molecule has 0 saturated heterocycles. The first-order valence-corrected chi connectivity index (χ1v) is 8.49. The van der Waals surface area contributed by atoms with Gasteiger partial charge in [-0.3, -0.25) is 4.79 Å². The highest BCUT2D eigenvalue weighted by Gasteiger charge is 2.14. The van der Waals surface area contributed by atoms with Crippen LogP contribution in [0.3, 0.4) is 0 Å². The molecule has 0 aliphatic rings. The molecule has 6 nitrogen and oxygen atoms in total. The van der Waals surface area contributed by atoms with E-state index in [1.807, 2.05) is 30.3 Å². The van der Waals surface area contributed by atoms with Gasteiger partial charge in [-0.15, -0.1) is 0 Å². The Bertz CT molecular complexity index is 844. The largest absolute Gasteiger partial charge is 0.386 e. The number of aromatic nitrogens is 4. The van der Waals surface area contributed by atoms with Gasteiger partial charge < -0.3 is 10.1 Å². The lowest BCUT2D eigenvalue weighted by atomic mass is 10.1. The number of fused-ring (bicyclic) bond motifs is 1. The van der Waals surface area contributed by atoms with Crippen LogP contribution in [-0.2, 0) is 6.54 Å². The van der Waals surface area contributed by atoms with Crippen LogP contribution in [0.4, 0.5) is 0 Å². The average molecular weight is 330 g/mol. The van der Waals surface area contributed by atoms with E-state index in [-0.39, 0.29) is 12.1 Å². The predicted molar refractivity (Wildman–Crippen MR) is 90.6 cm³/mol. The second-order valence-electron chi connectivity index (χ2n) is 5.21. The molecular weight excluding hydrogens is 312 g/mol. The number of aliphatic hydroxyl groups is 1. The molecule has 0 saturated carbocycles. The van der Waals surface area contributed by atoms with E-state index in [1.54, 1.807) is 4.68 Å². The van der Waals surface area contributed by atoms with Crippen LogP contribution in [0.15, 0.2) is 46.5 Å². The maximum absolute atomic E-state index is 12.1. The summed E-state index contributed by atoms with van der Waals surface area (Å²) in [5.41, 5.74) is 1.11. The molecule has 1 aromatic carbocycles. The van der Waals surface area contributed by atoms with Crippen molar-refractivity contribution in [2.45, 2.75) is 31.1 Å². The Hall–Kier alpha value is -2.12. The van der Waals surface area contributed by atoms with Gasteiger partial charge in [0.2, 0.25) is 0 Å². The zero-order chi connectivity index (χ0) is 16.2.